The molecule has 0 aromatic carbocycles. The van der Waals surface area contributed by atoms with E-state index in [1.54, 1.807) is 6.07 Å². The predicted octanol–water partition coefficient (Wildman–Crippen LogP) is 3.69. The Labute approximate surface area is 90.3 Å². The molecule has 0 aliphatic carbocycles. The zero-order valence-corrected chi connectivity index (χ0v) is 9.26. The first-order valence-corrected chi connectivity index (χ1v) is 5.46. The van der Waals surface area contributed by atoms with Crippen molar-refractivity contribution < 1.29 is 4.74 Å². The monoisotopic (exact) mass is 213 g/mol. The molecule has 0 saturated heterocycles. The van der Waals surface area contributed by atoms with Gasteiger partial charge in [0.1, 0.15) is 5.15 Å². The summed E-state index contributed by atoms with van der Waals surface area (Å²) >= 11 is 5.72. The Morgan fingerprint density at radius 3 is 2.86 bits per heavy atom. The van der Waals surface area contributed by atoms with Gasteiger partial charge in [-0.3, -0.25) is 0 Å². The van der Waals surface area contributed by atoms with E-state index in [-0.39, 0.29) is 0 Å². The first kappa shape index (κ1) is 11.3. The number of unbranched alkanes of at least 4 members (excludes halogenated alkanes) is 3. The molecule has 0 N–H and O–H groups in total. The van der Waals surface area contributed by atoms with Crippen molar-refractivity contribution in [3.05, 3.63) is 23.4 Å². The summed E-state index contributed by atoms with van der Waals surface area (Å²) in [6, 6.07) is 5.41. The normalized spacial score (nSPS) is 10.1. The Hall–Kier alpha value is -0.760. The van der Waals surface area contributed by atoms with Crippen LogP contribution in [0.2, 0.25) is 5.15 Å². The summed E-state index contributed by atoms with van der Waals surface area (Å²) in [4.78, 5) is 4.03. The second-order valence-corrected chi connectivity index (χ2v) is 3.59. The molecule has 1 rings (SSSR count). The van der Waals surface area contributed by atoms with Crippen molar-refractivity contribution in [3.63, 3.8) is 0 Å². The van der Waals surface area contributed by atoms with Gasteiger partial charge in [0.2, 0.25) is 5.88 Å². The minimum absolute atomic E-state index is 0.482. The molecule has 0 saturated carbocycles. The Kier molecular flexibility index (Phi) is 5.38. The van der Waals surface area contributed by atoms with Gasteiger partial charge in [-0.1, -0.05) is 43.9 Å². The smallest absolute Gasteiger partial charge is 0.214 e. The standard InChI is InChI=1S/C11H16ClNO/c1-2-3-4-5-9-14-11-8-6-7-10(12)13-11/h6-8H,2-5,9H2,1H3. The molecule has 78 valence electrons. The van der Waals surface area contributed by atoms with Gasteiger partial charge in [-0.25, -0.2) is 4.98 Å². The molecule has 0 amide bonds. The fourth-order valence-electron chi connectivity index (χ4n) is 1.18. The van der Waals surface area contributed by atoms with Crippen LogP contribution in [0.4, 0.5) is 0 Å². The highest BCUT2D eigenvalue weighted by atomic mass is 35.5. The van der Waals surface area contributed by atoms with E-state index in [4.69, 9.17) is 16.3 Å². The van der Waals surface area contributed by atoms with Crippen LogP contribution in [-0.4, -0.2) is 11.6 Å². The third-order valence-electron chi connectivity index (χ3n) is 1.94. The highest BCUT2D eigenvalue weighted by Crippen LogP contribution is 2.11. The largest absolute Gasteiger partial charge is 0.478 e. The number of hydrogen-bond acceptors (Lipinski definition) is 2. The summed E-state index contributed by atoms with van der Waals surface area (Å²) in [6.07, 6.45) is 4.82. The molecule has 0 aliphatic heterocycles. The number of ether oxygens (including phenoxy) is 1. The van der Waals surface area contributed by atoms with Crippen LogP contribution in [0.5, 0.6) is 5.88 Å². The molecule has 1 heterocycles. The van der Waals surface area contributed by atoms with Gasteiger partial charge in [-0.15, -0.1) is 0 Å². The lowest BCUT2D eigenvalue weighted by atomic mass is 10.2. The zero-order chi connectivity index (χ0) is 10.2. The van der Waals surface area contributed by atoms with Gasteiger partial charge in [0.25, 0.3) is 0 Å². The third-order valence-corrected chi connectivity index (χ3v) is 2.15. The lowest BCUT2D eigenvalue weighted by Crippen LogP contribution is -1.98. The predicted molar refractivity (Wildman–Crippen MR) is 58.9 cm³/mol. The van der Waals surface area contributed by atoms with Gasteiger partial charge in [0.05, 0.1) is 6.61 Å². The van der Waals surface area contributed by atoms with Gasteiger partial charge in [-0.2, -0.15) is 0 Å². The van der Waals surface area contributed by atoms with E-state index in [0.717, 1.165) is 13.0 Å². The SMILES string of the molecule is CCCCCCOc1cccc(Cl)n1. The van der Waals surface area contributed by atoms with E-state index in [0.29, 0.717) is 11.0 Å². The molecular weight excluding hydrogens is 198 g/mol. The van der Waals surface area contributed by atoms with E-state index in [2.05, 4.69) is 11.9 Å². The van der Waals surface area contributed by atoms with E-state index in [9.17, 15) is 0 Å². The molecule has 1 aromatic rings. The molecule has 14 heavy (non-hydrogen) atoms. The molecule has 3 heteroatoms. The van der Waals surface area contributed by atoms with Gasteiger partial charge in [0.15, 0.2) is 0 Å². The van der Waals surface area contributed by atoms with Gasteiger partial charge < -0.3 is 4.74 Å². The zero-order valence-electron chi connectivity index (χ0n) is 8.50. The molecular formula is C11H16ClNO. The average Bonchev–Trinajstić information content (AvgIpc) is 2.18. The Morgan fingerprint density at radius 2 is 2.14 bits per heavy atom. The number of halogens is 1. The summed E-state index contributed by atoms with van der Waals surface area (Å²) in [5.41, 5.74) is 0. The molecule has 0 bridgehead atoms. The van der Waals surface area contributed by atoms with Crippen LogP contribution in [0.25, 0.3) is 0 Å². The van der Waals surface area contributed by atoms with Crippen molar-refractivity contribution >= 4 is 11.6 Å². The number of aromatic nitrogens is 1. The number of hydrogen-bond donors (Lipinski definition) is 0. The van der Waals surface area contributed by atoms with Crippen LogP contribution in [0.3, 0.4) is 0 Å². The molecule has 1 aromatic heterocycles. The van der Waals surface area contributed by atoms with Gasteiger partial charge in [-0.05, 0) is 12.5 Å². The quantitative estimate of drug-likeness (QED) is 0.531. The second kappa shape index (κ2) is 6.66. The first-order chi connectivity index (χ1) is 6.83. The lowest BCUT2D eigenvalue weighted by Gasteiger charge is -2.04. The molecule has 0 spiro atoms. The maximum Gasteiger partial charge on any atom is 0.214 e. The summed E-state index contributed by atoms with van der Waals surface area (Å²) in [6.45, 7) is 2.92. The average molecular weight is 214 g/mol. The molecule has 0 fully saturated rings. The van der Waals surface area contributed by atoms with Crippen LogP contribution in [0, 0.1) is 0 Å². The van der Waals surface area contributed by atoms with Crippen molar-refractivity contribution in [2.45, 2.75) is 32.6 Å². The van der Waals surface area contributed by atoms with E-state index in [1.807, 2.05) is 12.1 Å². The van der Waals surface area contributed by atoms with E-state index >= 15 is 0 Å². The second-order valence-electron chi connectivity index (χ2n) is 3.21. The summed E-state index contributed by atoms with van der Waals surface area (Å²) < 4.78 is 5.44. The summed E-state index contributed by atoms with van der Waals surface area (Å²) in [5.74, 6) is 0.619. The highest BCUT2D eigenvalue weighted by molar-refractivity contribution is 6.29. The topological polar surface area (TPSA) is 22.1 Å². The maximum atomic E-state index is 5.72. The van der Waals surface area contributed by atoms with Crippen LogP contribution >= 0.6 is 11.6 Å². The Morgan fingerprint density at radius 1 is 1.29 bits per heavy atom. The fourth-order valence-corrected chi connectivity index (χ4v) is 1.33. The Balaban J connectivity index is 2.18. The molecule has 0 aliphatic rings. The van der Waals surface area contributed by atoms with Crippen LogP contribution in [0.1, 0.15) is 32.6 Å². The highest BCUT2D eigenvalue weighted by Gasteiger charge is 1.95. The van der Waals surface area contributed by atoms with Crippen molar-refractivity contribution in [1.29, 1.82) is 0 Å². The van der Waals surface area contributed by atoms with Crippen molar-refractivity contribution in [2.24, 2.45) is 0 Å². The molecule has 0 unspecified atom stereocenters. The number of pyridine rings is 1. The Bertz CT molecular complexity index is 265. The maximum absolute atomic E-state index is 5.72. The fraction of sp³-hybridized carbons (Fsp3) is 0.545. The molecule has 2 nitrogen and oxygen atoms in total. The summed E-state index contributed by atoms with van der Waals surface area (Å²) in [7, 11) is 0. The lowest BCUT2D eigenvalue weighted by molar-refractivity contribution is 0.294. The minimum Gasteiger partial charge on any atom is -0.478 e. The third kappa shape index (κ3) is 4.47. The van der Waals surface area contributed by atoms with Crippen molar-refractivity contribution in [3.8, 4) is 5.88 Å². The summed E-state index contributed by atoms with van der Waals surface area (Å²) in [5, 5.41) is 0.482. The molecule has 0 atom stereocenters. The number of nitrogens with zero attached hydrogens (tertiary/aromatic N) is 1. The van der Waals surface area contributed by atoms with Crippen LogP contribution in [0.15, 0.2) is 18.2 Å². The van der Waals surface area contributed by atoms with E-state index in [1.165, 1.54) is 19.3 Å². The van der Waals surface area contributed by atoms with Gasteiger partial charge >= 0.3 is 0 Å². The van der Waals surface area contributed by atoms with Gasteiger partial charge in [0, 0.05) is 6.07 Å². The van der Waals surface area contributed by atoms with Crippen molar-refractivity contribution in [1.82, 2.24) is 4.98 Å². The number of rotatable bonds is 6. The molecule has 0 radical (unpaired) electrons. The van der Waals surface area contributed by atoms with Crippen molar-refractivity contribution in [2.75, 3.05) is 6.61 Å². The first-order valence-electron chi connectivity index (χ1n) is 5.08. The minimum atomic E-state index is 0.482. The van der Waals surface area contributed by atoms with Crippen LogP contribution < -0.4 is 4.74 Å². The van der Waals surface area contributed by atoms with E-state index < -0.39 is 0 Å². The van der Waals surface area contributed by atoms with Crippen LogP contribution in [-0.2, 0) is 0 Å².